The van der Waals surface area contributed by atoms with E-state index in [1.54, 1.807) is 24.3 Å². The van der Waals surface area contributed by atoms with Crippen molar-refractivity contribution < 1.29 is 44.1 Å². The van der Waals surface area contributed by atoms with Gasteiger partial charge in [0.25, 0.3) is 0 Å². The Morgan fingerprint density at radius 2 is 0.492 bits per heavy atom. The van der Waals surface area contributed by atoms with Gasteiger partial charge in [0.1, 0.15) is 0 Å². The van der Waals surface area contributed by atoms with Crippen molar-refractivity contribution in [1.29, 1.82) is 0 Å². The van der Waals surface area contributed by atoms with Crippen LogP contribution in [0, 0.1) is 0 Å². The van der Waals surface area contributed by atoms with Crippen LogP contribution in [-0.2, 0) is 10.8 Å². The van der Waals surface area contributed by atoms with Gasteiger partial charge in [-0.25, -0.2) is 44.9 Å². The van der Waals surface area contributed by atoms with Gasteiger partial charge in [-0.15, -0.1) is 0 Å². The molecule has 0 unspecified atom stereocenters. The number of rotatable bonds is 14. The molecule has 3 heterocycles. The van der Waals surface area contributed by atoms with Crippen LogP contribution in [0.4, 0.5) is 0 Å². The first-order valence-corrected chi connectivity index (χ1v) is 43.8. The number of aromatic nitrogens is 9. The summed E-state index contributed by atoms with van der Waals surface area (Å²) in [6.07, 6.45) is 0. The molecule has 16 aromatic carbocycles. The molecule has 2 aliphatic rings. The second-order valence-corrected chi connectivity index (χ2v) is 33.8. The molecule has 130 heavy (non-hydrogen) atoms. The SMILES string of the molecule is Brc1cccc(-c2nc(-c3ccccc3)nc(-c3ccccc3)n2)c1.CC1(C)c2ccccc2-c2ccc(-c3cccc(-c4cccc(-c5nc(-c6ccccc6)nc(-c6ccccc6)n5)c4)c3)cc21.CC1(C)c2ccccc2-c2cccc(B(O)O)c21.Clc1cccc(-c2cccc(-c3nc(-c4ccccc4)nc(-c4ccccc4)n3)c2)c1.OB(O)c1cccc(Cl)c1.[I-]. The van der Waals surface area contributed by atoms with Crippen molar-refractivity contribution in [2.45, 2.75) is 38.5 Å². The Hall–Kier alpha value is -13.7. The van der Waals surface area contributed by atoms with E-state index in [9.17, 15) is 10.0 Å². The standard InChI is InChI=1S/C42H31N3.C27H18ClN3.C21H14BrN3.C15H15BO2.C6H6BClO2.HI/c1-42(2)37-22-10-9-21-35(37)36-24-23-33(27-38(36)42)31-18-11-17-30(25-31)32-19-12-20-34(26-32)41-44-39(28-13-5-3-6-14-28)43-40(45-41)29-15-7-4-8-16-29;28-24-16-8-14-22(18-24)21-13-7-15-23(17-21)27-30-25(19-9-3-1-4-10-19)29-26(31-27)20-11-5-2-6-12-20;22-18-13-7-12-17(14-18)21-24-19(15-8-3-1-4-9-15)23-20(25-21)16-10-5-2-6-11-16;1-15(2)12-8-4-3-6-10(12)11-7-5-9-13(14(11)15)16(17)18;8-6-3-1-2-5(4-6)7(9)10;/h3-27H,1-2H3;1-18H;1-14H;3-9,17-18H,1-2H3;1-4,9-10H;1H/p-1. The van der Waals surface area contributed by atoms with Gasteiger partial charge in [-0.3, -0.25) is 0 Å². The van der Waals surface area contributed by atoms with E-state index in [0.717, 1.165) is 87.9 Å². The van der Waals surface area contributed by atoms with Crippen molar-refractivity contribution in [3.63, 3.8) is 0 Å². The lowest BCUT2D eigenvalue weighted by molar-refractivity contribution is -0.0000303. The fraction of sp³-hybridized carbons (Fsp3) is 0.0541. The van der Waals surface area contributed by atoms with Gasteiger partial charge >= 0.3 is 14.2 Å². The van der Waals surface area contributed by atoms with Crippen molar-refractivity contribution >= 4 is 64.3 Å². The van der Waals surface area contributed by atoms with Crippen LogP contribution in [0.15, 0.2) is 417 Å². The highest BCUT2D eigenvalue weighted by Gasteiger charge is 2.39. The topological polar surface area (TPSA) is 197 Å². The molecule has 0 spiro atoms. The average Bonchev–Trinajstić information content (AvgIpc) is 1.58. The molecule has 19 heteroatoms. The van der Waals surface area contributed by atoms with E-state index >= 15 is 0 Å². The zero-order valence-corrected chi connectivity index (χ0v) is 76.5. The van der Waals surface area contributed by atoms with Crippen molar-refractivity contribution in [1.82, 2.24) is 44.9 Å². The van der Waals surface area contributed by atoms with E-state index < -0.39 is 14.2 Å². The summed E-state index contributed by atoms with van der Waals surface area (Å²) >= 11 is 15.3. The predicted molar refractivity (Wildman–Crippen MR) is 530 cm³/mol. The van der Waals surface area contributed by atoms with Crippen molar-refractivity contribution in [3.05, 3.63) is 449 Å². The second-order valence-electron chi connectivity index (χ2n) is 32.1. The Balaban J connectivity index is 0.000000127. The molecule has 13 nitrogen and oxygen atoms in total. The fourth-order valence-electron chi connectivity index (χ4n) is 16.3. The van der Waals surface area contributed by atoms with E-state index in [4.69, 9.17) is 73.1 Å². The van der Waals surface area contributed by atoms with Crippen LogP contribution in [-0.4, -0.2) is 79.2 Å². The summed E-state index contributed by atoms with van der Waals surface area (Å²) < 4.78 is 0.993. The van der Waals surface area contributed by atoms with Crippen LogP contribution in [0.5, 0.6) is 0 Å². The zero-order valence-electron chi connectivity index (χ0n) is 71.2. The molecule has 3 aromatic heterocycles. The van der Waals surface area contributed by atoms with Gasteiger partial charge < -0.3 is 44.1 Å². The summed E-state index contributed by atoms with van der Waals surface area (Å²) in [5, 5.41) is 37.6. The number of halogens is 4. The molecule has 4 N–H and O–H groups in total. The largest absolute Gasteiger partial charge is 1.00 e. The lowest BCUT2D eigenvalue weighted by Crippen LogP contribution is -3.00. The first kappa shape index (κ1) is 89.7. The minimum absolute atomic E-state index is 0. The first-order chi connectivity index (χ1) is 62.8. The Kier molecular flexibility index (Phi) is 28.1. The quantitative estimate of drug-likeness (QED) is 0.0593. The van der Waals surface area contributed by atoms with Crippen molar-refractivity contribution in [2.24, 2.45) is 0 Å². The molecule has 19 aromatic rings. The lowest BCUT2D eigenvalue weighted by atomic mass is 9.69. The maximum Gasteiger partial charge on any atom is 0.488 e. The molecule has 0 fully saturated rings. The van der Waals surface area contributed by atoms with Gasteiger partial charge in [-0.1, -0.05) is 419 Å². The lowest BCUT2D eigenvalue weighted by Gasteiger charge is -2.24. The number of benzene rings is 16. The second kappa shape index (κ2) is 40.7. The molecular formula is C111H84B2BrCl2IN9O4-. The molecule has 0 radical (unpaired) electrons. The molecule has 0 atom stereocenters. The fourth-order valence-corrected chi connectivity index (χ4v) is 17.1. The minimum atomic E-state index is -1.43. The summed E-state index contributed by atoms with van der Waals surface area (Å²) in [5.41, 5.74) is 26.2. The maximum absolute atomic E-state index is 9.55. The third-order valence-corrected chi connectivity index (χ3v) is 23.7. The number of nitrogens with zero attached hydrogens (tertiary/aromatic N) is 9. The smallest absolute Gasteiger partial charge is 0.488 e. The van der Waals surface area contributed by atoms with Crippen molar-refractivity contribution in [3.8, 4) is 158 Å². The summed E-state index contributed by atoms with van der Waals surface area (Å²) in [5.74, 6) is 5.91. The van der Waals surface area contributed by atoms with Crippen LogP contribution >= 0.6 is 39.1 Å². The molecule has 0 bridgehead atoms. The highest BCUT2D eigenvalue weighted by Crippen LogP contribution is 2.51. The molecule has 0 aliphatic heterocycles. The molecule has 2 aliphatic carbocycles. The monoisotopic (exact) mass is 1900 g/mol. The van der Waals surface area contributed by atoms with Gasteiger partial charge in [0.15, 0.2) is 52.4 Å². The van der Waals surface area contributed by atoms with E-state index in [-0.39, 0.29) is 34.8 Å². The Bertz CT molecular complexity index is 7030. The molecular weight excluding hydrogens is 1820 g/mol. The van der Waals surface area contributed by atoms with Crippen LogP contribution in [0.3, 0.4) is 0 Å². The Labute approximate surface area is 792 Å². The Morgan fingerprint density at radius 3 is 0.854 bits per heavy atom. The average molecular weight is 1910 g/mol. The number of hydrogen-bond acceptors (Lipinski definition) is 13. The van der Waals surface area contributed by atoms with Crippen LogP contribution in [0.25, 0.3) is 158 Å². The van der Waals surface area contributed by atoms with E-state index in [0.29, 0.717) is 73.4 Å². The Morgan fingerprint density at radius 1 is 0.223 bits per heavy atom. The van der Waals surface area contributed by atoms with Crippen LogP contribution in [0.1, 0.15) is 49.9 Å². The van der Waals surface area contributed by atoms with Crippen molar-refractivity contribution in [2.75, 3.05) is 0 Å². The summed E-state index contributed by atoms with van der Waals surface area (Å²) in [6.45, 7) is 8.92. The predicted octanol–water partition coefficient (Wildman–Crippen LogP) is 22.0. The normalized spacial score (nSPS) is 11.9. The van der Waals surface area contributed by atoms with E-state index in [2.05, 4.69) is 170 Å². The van der Waals surface area contributed by atoms with E-state index in [1.165, 1.54) is 50.6 Å². The maximum atomic E-state index is 9.55. The molecule has 21 rings (SSSR count). The van der Waals surface area contributed by atoms with Gasteiger partial charge in [-0.2, -0.15) is 0 Å². The third kappa shape index (κ3) is 20.5. The van der Waals surface area contributed by atoms with Gasteiger partial charge in [0, 0.05) is 75.4 Å². The molecule has 0 saturated heterocycles. The number of fused-ring (bicyclic) bond motifs is 6. The first-order valence-electron chi connectivity index (χ1n) is 42.2. The van der Waals surface area contributed by atoms with Gasteiger partial charge in [-0.05, 0) is 149 Å². The molecule has 0 saturated carbocycles. The summed E-state index contributed by atoms with van der Waals surface area (Å²) in [7, 11) is -2.85. The minimum Gasteiger partial charge on any atom is -1.00 e. The highest BCUT2D eigenvalue weighted by atomic mass is 127. The molecule has 0 amide bonds. The highest BCUT2D eigenvalue weighted by molar-refractivity contribution is 9.10. The zero-order chi connectivity index (χ0) is 89.0. The number of hydrogen-bond donors (Lipinski definition) is 4. The van der Waals surface area contributed by atoms with Gasteiger partial charge in [0.2, 0.25) is 0 Å². The third-order valence-electron chi connectivity index (χ3n) is 22.7. The van der Waals surface area contributed by atoms with Crippen LogP contribution < -0.4 is 34.9 Å². The summed E-state index contributed by atoms with van der Waals surface area (Å²) in [6, 6.07) is 138. The molecule has 632 valence electrons. The van der Waals surface area contributed by atoms with Crippen LogP contribution in [0.2, 0.25) is 10.0 Å². The summed E-state index contributed by atoms with van der Waals surface area (Å²) in [4.78, 5) is 43.2. The van der Waals surface area contributed by atoms with E-state index in [1.807, 2.05) is 261 Å². The van der Waals surface area contributed by atoms with Gasteiger partial charge in [0.05, 0.1) is 0 Å².